The Bertz CT molecular complexity index is 384. The van der Waals surface area contributed by atoms with Gasteiger partial charge in [-0.15, -0.1) is 0 Å². The van der Waals surface area contributed by atoms with Crippen LogP contribution in [-0.2, 0) is 6.18 Å². The van der Waals surface area contributed by atoms with Gasteiger partial charge in [-0.05, 0) is 24.5 Å². The van der Waals surface area contributed by atoms with Gasteiger partial charge < -0.3 is 4.90 Å². The van der Waals surface area contributed by atoms with Crippen molar-refractivity contribution in [1.82, 2.24) is 4.98 Å². The van der Waals surface area contributed by atoms with E-state index in [9.17, 15) is 13.2 Å². The third kappa shape index (κ3) is 2.37. The number of anilines is 1. The predicted octanol–water partition coefficient (Wildman–Crippen LogP) is 3.34. The zero-order valence-corrected chi connectivity index (χ0v) is 9.83. The fourth-order valence-corrected chi connectivity index (χ4v) is 2.11. The molecule has 94 valence electrons. The molecule has 1 fully saturated rings. The van der Waals surface area contributed by atoms with E-state index in [4.69, 9.17) is 0 Å². The van der Waals surface area contributed by atoms with E-state index in [1.54, 1.807) is 0 Å². The van der Waals surface area contributed by atoms with Crippen molar-refractivity contribution in [2.75, 3.05) is 11.4 Å². The number of hydrogen-bond donors (Lipinski definition) is 0. The molecule has 1 aromatic heterocycles. The Kier molecular flexibility index (Phi) is 3.02. The van der Waals surface area contributed by atoms with Crippen molar-refractivity contribution in [3.63, 3.8) is 0 Å². The van der Waals surface area contributed by atoms with E-state index in [2.05, 4.69) is 23.7 Å². The van der Waals surface area contributed by atoms with E-state index in [1.165, 1.54) is 6.07 Å². The Morgan fingerprint density at radius 3 is 2.41 bits per heavy atom. The molecule has 2 heterocycles. The predicted molar refractivity (Wildman–Crippen MR) is 59.8 cm³/mol. The first-order chi connectivity index (χ1) is 7.89. The zero-order chi connectivity index (χ0) is 12.6. The number of halogens is 3. The molecule has 5 heteroatoms. The molecule has 0 saturated carbocycles. The SMILES string of the molecule is CC(C)C1CCN1c1ccc(C(F)(F)F)cn1. The van der Waals surface area contributed by atoms with Gasteiger partial charge in [0.1, 0.15) is 5.82 Å². The van der Waals surface area contributed by atoms with Crippen LogP contribution in [0.4, 0.5) is 19.0 Å². The Hall–Kier alpha value is -1.26. The number of nitrogens with zero attached hydrogens (tertiary/aromatic N) is 2. The van der Waals surface area contributed by atoms with Gasteiger partial charge in [0.15, 0.2) is 0 Å². The molecule has 1 saturated heterocycles. The van der Waals surface area contributed by atoms with Crippen LogP contribution in [0.15, 0.2) is 18.3 Å². The second kappa shape index (κ2) is 4.20. The summed E-state index contributed by atoms with van der Waals surface area (Å²) in [5, 5.41) is 0. The minimum absolute atomic E-state index is 0.402. The summed E-state index contributed by atoms with van der Waals surface area (Å²) in [5.74, 6) is 1.13. The number of aromatic nitrogens is 1. The van der Waals surface area contributed by atoms with E-state index in [-0.39, 0.29) is 0 Å². The van der Waals surface area contributed by atoms with Crippen LogP contribution in [0.2, 0.25) is 0 Å². The van der Waals surface area contributed by atoms with Crippen LogP contribution in [0.25, 0.3) is 0 Å². The fraction of sp³-hybridized carbons (Fsp3) is 0.583. The largest absolute Gasteiger partial charge is 0.417 e. The molecular weight excluding hydrogens is 229 g/mol. The van der Waals surface area contributed by atoms with Gasteiger partial charge >= 0.3 is 6.18 Å². The quantitative estimate of drug-likeness (QED) is 0.793. The third-order valence-electron chi connectivity index (χ3n) is 3.21. The lowest BCUT2D eigenvalue weighted by atomic mass is 9.92. The number of alkyl halides is 3. The Morgan fingerprint density at radius 2 is 2.06 bits per heavy atom. The van der Waals surface area contributed by atoms with Gasteiger partial charge in [0.05, 0.1) is 5.56 Å². The molecule has 0 amide bonds. The molecule has 0 spiro atoms. The van der Waals surface area contributed by atoms with Crippen molar-refractivity contribution in [2.45, 2.75) is 32.5 Å². The Labute approximate surface area is 98.5 Å². The second-order valence-corrected chi connectivity index (χ2v) is 4.70. The van der Waals surface area contributed by atoms with Crippen LogP contribution in [0, 0.1) is 5.92 Å². The summed E-state index contributed by atoms with van der Waals surface area (Å²) >= 11 is 0. The van der Waals surface area contributed by atoms with Crippen LogP contribution >= 0.6 is 0 Å². The molecule has 0 aliphatic carbocycles. The third-order valence-corrected chi connectivity index (χ3v) is 3.21. The van der Waals surface area contributed by atoms with Crippen LogP contribution in [0.1, 0.15) is 25.8 Å². The standard InChI is InChI=1S/C12H15F3N2/c1-8(2)10-5-6-17(10)11-4-3-9(7-16-11)12(13,14)15/h3-4,7-8,10H,5-6H2,1-2H3. The van der Waals surface area contributed by atoms with Gasteiger partial charge in [0.2, 0.25) is 0 Å². The average molecular weight is 244 g/mol. The van der Waals surface area contributed by atoms with Crippen LogP contribution in [-0.4, -0.2) is 17.6 Å². The summed E-state index contributed by atoms with van der Waals surface area (Å²) in [5.41, 5.74) is -0.692. The summed E-state index contributed by atoms with van der Waals surface area (Å²) in [6.07, 6.45) is -2.32. The van der Waals surface area contributed by atoms with Crippen LogP contribution < -0.4 is 4.90 Å². The highest BCUT2D eigenvalue weighted by molar-refractivity contribution is 5.44. The normalized spacial score (nSPS) is 20.6. The molecule has 1 unspecified atom stereocenters. The molecule has 2 nitrogen and oxygen atoms in total. The van der Waals surface area contributed by atoms with Crippen molar-refractivity contribution in [2.24, 2.45) is 5.92 Å². The van der Waals surface area contributed by atoms with Gasteiger partial charge in [-0.1, -0.05) is 13.8 Å². The highest BCUT2D eigenvalue weighted by Gasteiger charge is 2.33. The van der Waals surface area contributed by atoms with E-state index >= 15 is 0 Å². The molecule has 0 aromatic carbocycles. The molecule has 1 aliphatic rings. The minimum atomic E-state index is -4.31. The average Bonchev–Trinajstić information content (AvgIpc) is 2.14. The van der Waals surface area contributed by atoms with Crippen molar-refractivity contribution in [3.05, 3.63) is 23.9 Å². The highest BCUT2D eigenvalue weighted by Crippen LogP contribution is 2.32. The monoisotopic (exact) mass is 244 g/mol. The van der Waals surface area contributed by atoms with Crippen molar-refractivity contribution in [1.29, 1.82) is 0 Å². The molecule has 1 aliphatic heterocycles. The fourth-order valence-electron chi connectivity index (χ4n) is 2.11. The zero-order valence-electron chi connectivity index (χ0n) is 9.83. The molecule has 0 N–H and O–H groups in total. The molecule has 1 aromatic rings. The maximum Gasteiger partial charge on any atom is 0.417 e. The van der Waals surface area contributed by atoms with E-state index < -0.39 is 11.7 Å². The van der Waals surface area contributed by atoms with E-state index in [0.29, 0.717) is 17.8 Å². The van der Waals surface area contributed by atoms with Crippen molar-refractivity contribution < 1.29 is 13.2 Å². The summed E-state index contributed by atoms with van der Waals surface area (Å²) in [6.45, 7) is 5.10. The molecule has 2 rings (SSSR count). The summed E-state index contributed by atoms with van der Waals surface area (Å²) in [6, 6.07) is 2.95. The summed E-state index contributed by atoms with van der Waals surface area (Å²) in [4.78, 5) is 5.97. The number of hydrogen-bond acceptors (Lipinski definition) is 2. The lowest BCUT2D eigenvalue weighted by Gasteiger charge is -2.44. The smallest absolute Gasteiger partial charge is 0.353 e. The molecule has 17 heavy (non-hydrogen) atoms. The topological polar surface area (TPSA) is 16.1 Å². The maximum atomic E-state index is 12.4. The highest BCUT2D eigenvalue weighted by atomic mass is 19.4. The van der Waals surface area contributed by atoms with E-state index in [1.807, 2.05) is 0 Å². The van der Waals surface area contributed by atoms with Gasteiger partial charge in [0.25, 0.3) is 0 Å². The maximum absolute atomic E-state index is 12.4. The number of pyridine rings is 1. The van der Waals surface area contributed by atoms with Gasteiger partial charge in [-0.3, -0.25) is 0 Å². The van der Waals surface area contributed by atoms with Gasteiger partial charge in [-0.25, -0.2) is 4.98 Å². The molecule has 0 radical (unpaired) electrons. The number of rotatable bonds is 2. The first-order valence-corrected chi connectivity index (χ1v) is 5.69. The van der Waals surface area contributed by atoms with Crippen molar-refractivity contribution >= 4 is 5.82 Å². The van der Waals surface area contributed by atoms with Crippen molar-refractivity contribution in [3.8, 4) is 0 Å². The summed E-state index contributed by atoms with van der Waals surface area (Å²) in [7, 11) is 0. The first kappa shape index (κ1) is 12.2. The second-order valence-electron chi connectivity index (χ2n) is 4.70. The molecular formula is C12H15F3N2. The van der Waals surface area contributed by atoms with Crippen LogP contribution in [0.3, 0.4) is 0 Å². The first-order valence-electron chi connectivity index (χ1n) is 5.69. The van der Waals surface area contributed by atoms with Gasteiger partial charge in [-0.2, -0.15) is 13.2 Å². The Balaban J connectivity index is 2.14. The van der Waals surface area contributed by atoms with Gasteiger partial charge in [0, 0.05) is 18.8 Å². The van der Waals surface area contributed by atoms with E-state index in [0.717, 1.165) is 25.2 Å². The lowest BCUT2D eigenvalue weighted by molar-refractivity contribution is -0.137. The lowest BCUT2D eigenvalue weighted by Crippen LogP contribution is -2.51. The minimum Gasteiger partial charge on any atom is -0.353 e. The van der Waals surface area contributed by atoms with Crippen LogP contribution in [0.5, 0.6) is 0 Å². The molecule has 0 bridgehead atoms. The Morgan fingerprint density at radius 1 is 1.35 bits per heavy atom. The molecule has 1 atom stereocenters. The summed E-state index contributed by atoms with van der Waals surface area (Å²) < 4.78 is 37.1.